The average Bonchev–Trinajstić information content (AvgIpc) is 2.75. The molecule has 110 valence electrons. The van der Waals surface area contributed by atoms with Crippen LogP contribution in [-0.2, 0) is 6.18 Å². The van der Waals surface area contributed by atoms with Gasteiger partial charge in [-0.1, -0.05) is 25.6 Å². The van der Waals surface area contributed by atoms with Crippen LogP contribution in [0.1, 0.15) is 25.8 Å². The zero-order chi connectivity index (χ0) is 14.8. The van der Waals surface area contributed by atoms with Gasteiger partial charge in [0.2, 0.25) is 0 Å². The van der Waals surface area contributed by atoms with Crippen molar-refractivity contribution in [3.63, 3.8) is 0 Å². The van der Waals surface area contributed by atoms with Crippen molar-refractivity contribution in [1.82, 2.24) is 0 Å². The van der Waals surface area contributed by atoms with Crippen molar-refractivity contribution in [1.29, 1.82) is 0 Å². The lowest BCUT2D eigenvalue weighted by atomic mass is 10.1. The fraction of sp³-hybridized carbons (Fsp3) is 0.500. The number of anilines is 1. The van der Waals surface area contributed by atoms with Gasteiger partial charge in [0.25, 0.3) is 0 Å². The van der Waals surface area contributed by atoms with Gasteiger partial charge in [0.15, 0.2) is 5.17 Å². The summed E-state index contributed by atoms with van der Waals surface area (Å²) >= 11 is 1.61. The maximum atomic E-state index is 12.4. The Bertz CT molecular complexity index is 480. The molecule has 6 heteroatoms. The molecule has 2 nitrogen and oxygen atoms in total. The second-order valence-electron chi connectivity index (χ2n) is 5.23. The van der Waals surface area contributed by atoms with Crippen LogP contribution in [0.4, 0.5) is 18.9 Å². The molecule has 0 fully saturated rings. The van der Waals surface area contributed by atoms with E-state index in [0.29, 0.717) is 17.6 Å². The standard InChI is InChI=1S/C14H17F3N2S/c1-9(2)7-12-8-20-13(19-12)18-11-5-3-10(4-6-11)14(15,16)17/h3-6,9,12H,7-8H2,1-2H3,(H,18,19). The second kappa shape index (κ2) is 6.08. The summed E-state index contributed by atoms with van der Waals surface area (Å²) in [6.07, 6.45) is -3.26. The van der Waals surface area contributed by atoms with Gasteiger partial charge in [-0.05, 0) is 36.6 Å². The maximum Gasteiger partial charge on any atom is 0.416 e. The Labute approximate surface area is 120 Å². The Balaban J connectivity index is 1.97. The summed E-state index contributed by atoms with van der Waals surface area (Å²) in [5.74, 6) is 1.52. The Kier molecular flexibility index (Phi) is 4.62. The summed E-state index contributed by atoms with van der Waals surface area (Å²) in [5, 5.41) is 3.86. The molecule has 2 rings (SSSR count). The number of thioether (sulfide) groups is 1. The third kappa shape index (κ3) is 4.16. The molecule has 0 spiro atoms. The lowest BCUT2D eigenvalue weighted by Crippen LogP contribution is -2.08. The zero-order valence-electron chi connectivity index (χ0n) is 11.4. The molecule has 0 saturated carbocycles. The largest absolute Gasteiger partial charge is 0.416 e. The van der Waals surface area contributed by atoms with Crippen LogP contribution in [0.25, 0.3) is 0 Å². The monoisotopic (exact) mass is 302 g/mol. The molecule has 1 aromatic carbocycles. The quantitative estimate of drug-likeness (QED) is 0.880. The van der Waals surface area contributed by atoms with Gasteiger partial charge < -0.3 is 5.32 Å². The van der Waals surface area contributed by atoms with Crippen molar-refractivity contribution in [3.05, 3.63) is 29.8 Å². The molecule has 0 radical (unpaired) electrons. The Hall–Kier alpha value is -1.17. The van der Waals surface area contributed by atoms with Crippen molar-refractivity contribution in [2.75, 3.05) is 11.1 Å². The van der Waals surface area contributed by atoms with Crippen LogP contribution in [0.2, 0.25) is 0 Å². The predicted octanol–water partition coefficient (Wildman–Crippen LogP) is 4.63. The Morgan fingerprint density at radius 2 is 1.95 bits per heavy atom. The molecule has 0 saturated heterocycles. The van der Waals surface area contributed by atoms with E-state index in [-0.39, 0.29) is 0 Å². The van der Waals surface area contributed by atoms with Crippen LogP contribution in [0.15, 0.2) is 29.3 Å². The molecule has 20 heavy (non-hydrogen) atoms. The Morgan fingerprint density at radius 3 is 2.50 bits per heavy atom. The second-order valence-corrected chi connectivity index (χ2v) is 6.24. The van der Waals surface area contributed by atoms with Crippen molar-refractivity contribution in [2.45, 2.75) is 32.5 Å². The lowest BCUT2D eigenvalue weighted by Gasteiger charge is -2.09. The molecule has 0 amide bonds. The van der Waals surface area contributed by atoms with Gasteiger partial charge in [0, 0.05) is 11.4 Å². The minimum atomic E-state index is -4.29. The lowest BCUT2D eigenvalue weighted by molar-refractivity contribution is -0.137. The number of alkyl halides is 3. The molecule has 1 unspecified atom stereocenters. The van der Waals surface area contributed by atoms with Crippen molar-refractivity contribution in [2.24, 2.45) is 10.9 Å². The summed E-state index contributed by atoms with van der Waals surface area (Å²) in [6.45, 7) is 4.31. The van der Waals surface area contributed by atoms with Gasteiger partial charge in [0.1, 0.15) is 0 Å². The van der Waals surface area contributed by atoms with E-state index in [1.807, 2.05) is 0 Å². The van der Waals surface area contributed by atoms with Gasteiger partial charge >= 0.3 is 6.18 Å². The minimum absolute atomic E-state index is 0.303. The number of nitrogens with zero attached hydrogens (tertiary/aromatic N) is 1. The van der Waals surface area contributed by atoms with Crippen LogP contribution >= 0.6 is 11.8 Å². The SMILES string of the molecule is CC(C)CC1CSC(Nc2ccc(C(F)(F)F)cc2)=N1. The van der Waals surface area contributed by atoms with Crippen LogP contribution in [0.5, 0.6) is 0 Å². The van der Waals surface area contributed by atoms with Crippen molar-refractivity contribution in [3.8, 4) is 0 Å². The van der Waals surface area contributed by atoms with E-state index >= 15 is 0 Å². The Morgan fingerprint density at radius 1 is 1.30 bits per heavy atom. The molecule has 1 aromatic rings. The number of hydrogen-bond donors (Lipinski definition) is 1. The highest BCUT2D eigenvalue weighted by Crippen LogP contribution is 2.30. The molecular formula is C14H17F3N2S. The molecular weight excluding hydrogens is 285 g/mol. The maximum absolute atomic E-state index is 12.4. The molecule has 1 aliphatic heterocycles. The zero-order valence-corrected chi connectivity index (χ0v) is 12.2. The summed E-state index contributed by atoms with van der Waals surface area (Å²) in [5.41, 5.74) is -0.00352. The number of aliphatic imine (C=N–C) groups is 1. The van der Waals surface area contributed by atoms with E-state index in [1.165, 1.54) is 12.1 Å². The summed E-state index contributed by atoms with van der Waals surface area (Å²) in [7, 11) is 0. The van der Waals surface area contributed by atoms with Crippen LogP contribution in [-0.4, -0.2) is 17.0 Å². The van der Waals surface area contributed by atoms with E-state index in [0.717, 1.165) is 29.5 Å². The van der Waals surface area contributed by atoms with E-state index in [9.17, 15) is 13.2 Å². The molecule has 0 aliphatic carbocycles. The first kappa shape index (κ1) is 15.2. The number of hydrogen-bond acceptors (Lipinski definition) is 3. The molecule has 1 heterocycles. The highest BCUT2D eigenvalue weighted by molar-refractivity contribution is 8.14. The van der Waals surface area contributed by atoms with Crippen LogP contribution in [0, 0.1) is 5.92 Å². The number of benzene rings is 1. The molecule has 1 aliphatic rings. The summed E-state index contributed by atoms with van der Waals surface area (Å²) < 4.78 is 37.3. The van der Waals surface area contributed by atoms with E-state index < -0.39 is 11.7 Å². The van der Waals surface area contributed by atoms with Crippen molar-refractivity contribution < 1.29 is 13.2 Å². The highest BCUT2D eigenvalue weighted by Gasteiger charge is 2.30. The minimum Gasteiger partial charge on any atom is -0.335 e. The van der Waals surface area contributed by atoms with E-state index in [4.69, 9.17) is 0 Å². The fourth-order valence-corrected chi connectivity index (χ4v) is 2.99. The van der Waals surface area contributed by atoms with Crippen molar-refractivity contribution >= 4 is 22.6 Å². The first-order valence-corrected chi connectivity index (χ1v) is 7.48. The smallest absolute Gasteiger partial charge is 0.335 e. The molecule has 0 aromatic heterocycles. The number of halogens is 3. The fourth-order valence-electron chi connectivity index (χ4n) is 2.01. The normalized spacial score (nSPS) is 19.3. The topological polar surface area (TPSA) is 24.4 Å². The average molecular weight is 302 g/mol. The van der Waals surface area contributed by atoms with Crippen LogP contribution in [0.3, 0.4) is 0 Å². The molecule has 1 atom stereocenters. The number of nitrogens with one attached hydrogen (secondary N) is 1. The highest BCUT2D eigenvalue weighted by atomic mass is 32.2. The first-order valence-electron chi connectivity index (χ1n) is 6.49. The van der Waals surface area contributed by atoms with E-state index in [1.54, 1.807) is 11.8 Å². The third-order valence-electron chi connectivity index (χ3n) is 2.92. The molecule has 1 N–H and O–H groups in total. The van der Waals surface area contributed by atoms with Gasteiger partial charge in [-0.2, -0.15) is 13.2 Å². The summed E-state index contributed by atoms with van der Waals surface area (Å²) in [4.78, 5) is 4.54. The van der Waals surface area contributed by atoms with Gasteiger partial charge in [-0.3, -0.25) is 4.99 Å². The number of amidine groups is 1. The predicted molar refractivity (Wildman–Crippen MR) is 78.2 cm³/mol. The first-order chi connectivity index (χ1) is 9.34. The van der Waals surface area contributed by atoms with Gasteiger partial charge in [-0.15, -0.1) is 0 Å². The molecule has 0 bridgehead atoms. The third-order valence-corrected chi connectivity index (χ3v) is 3.95. The van der Waals surface area contributed by atoms with Gasteiger partial charge in [0.05, 0.1) is 11.6 Å². The van der Waals surface area contributed by atoms with Gasteiger partial charge in [-0.25, -0.2) is 0 Å². The number of rotatable bonds is 3. The van der Waals surface area contributed by atoms with E-state index in [2.05, 4.69) is 24.2 Å². The van der Waals surface area contributed by atoms with Crippen LogP contribution < -0.4 is 5.32 Å². The summed E-state index contributed by atoms with van der Waals surface area (Å²) in [6, 6.07) is 5.32.